The van der Waals surface area contributed by atoms with Crippen molar-refractivity contribution >= 4 is 15.9 Å². The normalized spacial score (nSPS) is 23.1. The molecule has 1 aliphatic rings. The van der Waals surface area contributed by atoms with Crippen LogP contribution in [0.25, 0.3) is 0 Å². The predicted molar refractivity (Wildman–Crippen MR) is 60.3 cm³/mol. The van der Waals surface area contributed by atoms with E-state index in [4.69, 9.17) is 4.74 Å². The van der Waals surface area contributed by atoms with E-state index in [1.54, 1.807) is 0 Å². The summed E-state index contributed by atoms with van der Waals surface area (Å²) in [5.41, 5.74) is 0.465. The summed E-state index contributed by atoms with van der Waals surface area (Å²) in [6.07, 6.45) is 3.75. The minimum absolute atomic E-state index is 0.465. The van der Waals surface area contributed by atoms with Crippen molar-refractivity contribution in [3.8, 4) is 0 Å². The van der Waals surface area contributed by atoms with Crippen LogP contribution in [0.5, 0.6) is 0 Å². The molecule has 0 radical (unpaired) electrons. The summed E-state index contributed by atoms with van der Waals surface area (Å²) in [5, 5.41) is 0. The summed E-state index contributed by atoms with van der Waals surface area (Å²) in [6.45, 7) is 8.94. The van der Waals surface area contributed by atoms with Crippen LogP contribution in [0, 0.1) is 11.3 Å². The van der Waals surface area contributed by atoms with E-state index in [0.717, 1.165) is 19.1 Å². The summed E-state index contributed by atoms with van der Waals surface area (Å²) in [5.74, 6) is 0.848. The molecule has 0 saturated carbocycles. The van der Waals surface area contributed by atoms with Crippen LogP contribution < -0.4 is 0 Å². The first-order valence-electron chi connectivity index (χ1n) is 5.24. The highest BCUT2D eigenvalue weighted by atomic mass is 79.9. The van der Waals surface area contributed by atoms with Gasteiger partial charge in [-0.15, -0.1) is 0 Å². The average Bonchev–Trinajstić information content (AvgIpc) is 2.04. The van der Waals surface area contributed by atoms with Gasteiger partial charge in [-0.05, 0) is 30.6 Å². The molecule has 1 atom stereocenters. The van der Waals surface area contributed by atoms with E-state index in [9.17, 15) is 0 Å². The highest BCUT2D eigenvalue weighted by Crippen LogP contribution is 2.39. The molecule has 0 spiro atoms. The lowest BCUT2D eigenvalue weighted by Crippen LogP contribution is -2.31. The zero-order chi connectivity index (χ0) is 9.90. The van der Waals surface area contributed by atoms with Gasteiger partial charge in [0.2, 0.25) is 0 Å². The molecule has 1 rings (SSSR count). The second kappa shape index (κ2) is 4.79. The maximum absolute atomic E-state index is 5.39. The van der Waals surface area contributed by atoms with Gasteiger partial charge in [0.15, 0.2) is 0 Å². The molecule has 1 fully saturated rings. The molecule has 2 heteroatoms. The molecule has 0 bridgehead atoms. The molecule has 0 N–H and O–H groups in total. The van der Waals surface area contributed by atoms with Crippen LogP contribution in [-0.2, 0) is 4.74 Å². The van der Waals surface area contributed by atoms with E-state index in [1.165, 1.54) is 19.3 Å². The van der Waals surface area contributed by atoms with Crippen molar-refractivity contribution in [3.63, 3.8) is 0 Å². The van der Waals surface area contributed by atoms with Crippen molar-refractivity contribution < 1.29 is 4.74 Å². The van der Waals surface area contributed by atoms with Crippen LogP contribution in [-0.4, -0.2) is 18.0 Å². The van der Waals surface area contributed by atoms with E-state index < -0.39 is 0 Å². The Bertz CT molecular complexity index is 148. The molecule has 1 heterocycles. The Balaban J connectivity index is 2.45. The Morgan fingerprint density at radius 1 is 1.38 bits per heavy atom. The molecule has 13 heavy (non-hydrogen) atoms. The zero-order valence-electron chi connectivity index (χ0n) is 8.98. The monoisotopic (exact) mass is 248 g/mol. The summed E-state index contributed by atoms with van der Waals surface area (Å²) in [7, 11) is 0. The molecule has 0 aromatic rings. The summed E-state index contributed by atoms with van der Waals surface area (Å²) in [6, 6.07) is 0. The molecular formula is C11H21BrO. The van der Waals surface area contributed by atoms with E-state index >= 15 is 0 Å². The number of ether oxygens (including phenoxy) is 1. The first-order valence-corrected chi connectivity index (χ1v) is 6.16. The third-order valence-corrected chi connectivity index (χ3v) is 3.46. The SMILES string of the molecule is CC(Br)CC(C)(C)C1CCOCC1. The van der Waals surface area contributed by atoms with Crippen molar-refractivity contribution in [1.82, 2.24) is 0 Å². The Morgan fingerprint density at radius 2 is 1.92 bits per heavy atom. The molecule has 0 aliphatic carbocycles. The largest absolute Gasteiger partial charge is 0.381 e. The average molecular weight is 249 g/mol. The molecule has 1 aliphatic heterocycles. The van der Waals surface area contributed by atoms with Gasteiger partial charge in [-0.3, -0.25) is 0 Å². The maximum Gasteiger partial charge on any atom is 0.0468 e. The molecule has 0 aromatic carbocycles. The highest BCUT2D eigenvalue weighted by molar-refractivity contribution is 9.09. The number of hydrogen-bond donors (Lipinski definition) is 0. The zero-order valence-corrected chi connectivity index (χ0v) is 10.6. The van der Waals surface area contributed by atoms with E-state index in [2.05, 4.69) is 36.7 Å². The first kappa shape index (κ1) is 11.5. The lowest BCUT2D eigenvalue weighted by molar-refractivity contribution is 0.0201. The fourth-order valence-electron chi connectivity index (χ4n) is 2.37. The van der Waals surface area contributed by atoms with Gasteiger partial charge in [0.1, 0.15) is 0 Å². The van der Waals surface area contributed by atoms with Crippen molar-refractivity contribution in [2.75, 3.05) is 13.2 Å². The van der Waals surface area contributed by atoms with Gasteiger partial charge >= 0.3 is 0 Å². The third-order valence-electron chi connectivity index (χ3n) is 3.13. The van der Waals surface area contributed by atoms with Crippen molar-refractivity contribution in [2.45, 2.75) is 44.9 Å². The van der Waals surface area contributed by atoms with Gasteiger partial charge in [-0.25, -0.2) is 0 Å². The Hall–Kier alpha value is 0.440. The van der Waals surface area contributed by atoms with Crippen LogP contribution in [0.15, 0.2) is 0 Å². The van der Waals surface area contributed by atoms with Gasteiger partial charge in [0, 0.05) is 18.0 Å². The second-order valence-electron chi connectivity index (χ2n) is 4.86. The molecule has 78 valence electrons. The van der Waals surface area contributed by atoms with Gasteiger partial charge in [0.25, 0.3) is 0 Å². The second-order valence-corrected chi connectivity index (χ2v) is 6.42. The van der Waals surface area contributed by atoms with Crippen LogP contribution in [0.3, 0.4) is 0 Å². The summed E-state index contributed by atoms with van der Waals surface area (Å²) >= 11 is 3.65. The molecule has 1 saturated heterocycles. The van der Waals surface area contributed by atoms with Gasteiger partial charge in [-0.2, -0.15) is 0 Å². The molecular weight excluding hydrogens is 228 g/mol. The van der Waals surface area contributed by atoms with E-state index in [1.807, 2.05) is 0 Å². The van der Waals surface area contributed by atoms with E-state index in [-0.39, 0.29) is 0 Å². The van der Waals surface area contributed by atoms with Gasteiger partial charge < -0.3 is 4.74 Å². The Morgan fingerprint density at radius 3 is 2.38 bits per heavy atom. The quantitative estimate of drug-likeness (QED) is 0.694. The lowest BCUT2D eigenvalue weighted by Gasteiger charge is -2.37. The Labute approximate surface area is 90.4 Å². The summed E-state index contributed by atoms with van der Waals surface area (Å²) < 4.78 is 5.39. The molecule has 1 nitrogen and oxygen atoms in total. The standard InChI is InChI=1S/C11H21BrO/c1-9(12)8-11(2,3)10-4-6-13-7-5-10/h9-10H,4-8H2,1-3H3. The van der Waals surface area contributed by atoms with Gasteiger partial charge in [0.05, 0.1) is 0 Å². The van der Waals surface area contributed by atoms with Crippen LogP contribution >= 0.6 is 15.9 Å². The summed E-state index contributed by atoms with van der Waals surface area (Å²) in [4.78, 5) is 0.630. The minimum atomic E-state index is 0.465. The fraction of sp³-hybridized carbons (Fsp3) is 1.00. The van der Waals surface area contributed by atoms with Crippen LogP contribution in [0.4, 0.5) is 0 Å². The van der Waals surface area contributed by atoms with Crippen molar-refractivity contribution in [2.24, 2.45) is 11.3 Å². The lowest BCUT2D eigenvalue weighted by atomic mass is 9.72. The van der Waals surface area contributed by atoms with E-state index in [0.29, 0.717) is 10.2 Å². The first-order chi connectivity index (χ1) is 6.02. The molecule has 0 amide bonds. The number of rotatable bonds is 3. The topological polar surface area (TPSA) is 9.23 Å². The van der Waals surface area contributed by atoms with Crippen molar-refractivity contribution in [1.29, 1.82) is 0 Å². The molecule has 1 unspecified atom stereocenters. The smallest absolute Gasteiger partial charge is 0.0468 e. The number of halogens is 1. The van der Waals surface area contributed by atoms with Gasteiger partial charge in [-0.1, -0.05) is 36.7 Å². The van der Waals surface area contributed by atoms with Crippen molar-refractivity contribution in [3.05, 3.63) is 0 Å². The third kappa shape index (κ3) is 3.59. The fourth-order valence-corrected chi connectivity index (χ4v) is 3.21. The Kier molecular flexibility index (Phi) is 4.24. The maximum atomic E-state index is 5.39. The minimum Gasteiger partial charge on any atom is -0.381 e. The highest BCUT2D eigenvalue weighted by Gasteiger charge is 2.31. The van der Waals surface area contributed by atoms with Crippen LogP contribution in [0.2, 0.25) is 0 Å². The van der Waals surface area contributed by atoms with Crippen LogP contribution in [0.1, 0.15) is 40.0 Å². The molecule has 0 aromatic heterocycles. The number of alkyl halides is 1. The predicted octanol–water partition coefficient (Wildman–Crippen LogP) is 3.61. The number of hydrogen-bond acceptors (Lipinski definition) is 1.